The molecule has 0 fully saturated rings. The number of hydrogen-bond acceptors (Lipinski definition) is 4. The fourth-order valence-corrected chi connectivity index (χ4v) is 2.72. The number of carbonyl (C=O) groups excluding carboxylic acids is 2. The number of nitrogens with one attached hydrogen (secondary N) is 2. The molecule has 0 aliphatic carbocycles. The molecule has 5 nitrogen and oxygen atoms in total. The maximum absolute atomic E-state index is 11.8. The predicted octanol–water partition coefficient (Wildman–Crippen LogP) is 3.77. The Morgan fingerprint density at radius 2 is 1.38 bits per heavy atom. The van der Waals surface area contributed by atoms with E-state index in [1.54, 1.807) is 31.4 Å². The number of methoxy groups -OCH3 is 1. The second kappa shape index (κ2) is 9.34. The van der Waals surface area contributed by atoms with Crippen molar-refractivity contribution in [3.8, 4) is 5.75 Å². The SMILES string of the molecule is COc1ccc(NC(=O)CSCC(=O)Nc2ccc(Br)cc2)cc1. The lowest BCUT2D eigenvalue weighted by atomic mass is 10.3. The van der Waals surface area contributed by atoms with Crippen molar-refractivity contribution < 1.29 is 14.3 Å². The Labute approximate surface area is 153 Å². The van der Waals surface area contributed by atoms with Gasteiger partial charge in [0.2, 0.25) is 11.8 Å². The van der Waals surface area contributed by atoms with Crippen LogP contribution >= 0.6 is 27.7 Å². The predicted molar refractivity (Wildman–Crippen MR) is 102 cm³/mol. The summed E-state index contributed by atoms with van der Waals surface area (Å²) in [7, 11) is 1.59. The maximum Gasteiger partial charge on any atom is 0.234 e. The van der Waals surface area contributed by atoms with Crippen molar-refractivity contribution in [2.75, 3.05) is 29.2 Å². The van der Waals surface area contributed by atoms with E-state index in [1.165, 1.54) is 11.8 Å². The van der Waals surface area contributed by atoms with Crippen LogP contribution in [0.1, 0.15) is 0 Å². The molecule has 0 aliphatic rings. The van der Waals surface area contributed by atoms with Crippen LogP contribution in [-0.4, -0.2) is 30.4 Å². The zero-order valence-electron chi connectivity index (χ0n) is 13.0. The third-order valence-corrected chi connectivity index (χ3v) is 4.43. The van der Waals surface area contributed by atoms with E-state index in [4.69, 9.17) is 4.74 Å². The minimum absolute atomic E-state index is 0.139. The number of amides is 2. The van der Waals surface area contributed by atoms with Crippen LogP contribution in [0, 0.1) is 0 Å². The molecule has 24 heavy (non-hydrogen) atoms. The highest BCUT2D eigenvalue weighted by Crippen LogP contribution is 2.16. The second-order valence-electron chi connectivity index (χ2n) is 4.82. The molecule has 2 N–H and O–H groups in total. The number of anilines is 2. The zero-order valence-corrected chi connectivity index (χ0v) is 15.4. The van der Waals surface area contributed by atoms with Crippen molar-refractivity contribution in [1.29, 1.82) is 0 Å². The van der Waals surface area contributed by atoms with Gasteiger partial charge in [-0.25, -0.2) is 0 Å². The van der Waals surface area contributed by atoms with Gasteiger partial charge in [-0.1, -0.05) is 15.9 Å². The Balaban J connectivity index is 1.69. The van der Waals surface area contributed by atoms with Crippen LogP contribution in [-0.2, 0) is 9.59 Å². The number of hydrogen-bond donors (Lipinski definition) is 2. The average molecular weight is 409 g/mol. The van der Waals surface area contributed by atoms with Gasteiger partial charge in [0.05, 0.1) is 18.6 Å². The third-order valence-electron chi connectivity index (χ3n) is 2.97. The van der Waals surface area contributed by atoms with Crippen LogP contribution in [0.5, 0.6) is 5.75 Å². The van der Waals surface area contributed by atoms with E-state index in [9.17, 15) is 9.59 Å². The van der Waals surface area contributed by atoms with Gasteiger partial charge in [0, 0.05) is 15.8 Å². The quantitative estimate of drug-likeness (QED) is 0.731. The van der Waals surface area contributed by atoms with E-state index < -0.39 is 0 Å². The molecule has 126 valence electrons. The topological polar surface area (TPSA) is 67.4 Å². The van der Waals surface area contributed by atoms with Crippen LogP contribution in [0.3, 0.4) is 0 Å². The normalized spacial score (nSPS) is 10.1. The highest BCUT2D eigenvalue weighted by Gasteiger charge is 2.07. The zero-order chi connectivity index (χ0) is 17.4. The minimum atomic E-state index is -0.151. The summed E-state index contributed by atoms with van der Waals surface area (Å²) in [5.74, 6) is 0.861. The highest BCUT2D eigenvalue weighted by atomic mass is 79.9. The van der Waals surface area contributed by atoms with Gasteiger partial charge in [0.15, 0.2) is 0 Å². The number of halogens is 1. The Morgan fingerprint density at radius 3 is 1.83 bits per heavy atom. The second-order valence-corrected chi connectivity index (χ2v) is 6.73. The highest BCUT2D eigenvalue weighted by molar-refractivity contribution is 9.10. The fraction of sp³-hybridized carbons (Fsp3) is 0.176. The van der Waals surface area contributed by atoms with E-state index in [1.807, 2.05) is 24.3 Å². The Bertz CT molecular complexity index is 690. The Kier molecular flexibility index (Phi) is 7.14. The van der Waals surface area contributed by atoms with Crippen LogP contribution in [0.4, 0.5) is 11.4 Å². The van der Waals surface area contributed by atoms with Gasteiger partial charge in [0.25, 0.3) is 0 Å². The van der Waals surface area contributed by atoms with Crippen LogP contribution in [0.15, 0.2) is 53.0 Å². The minimum Gasteiger partial charge on any atom is -0.497 e. The monoisotopic (exact) mass is 408 g/mol. The molecule has 7 heteroatoms. The van der Waals surface area contributed by atoms with Crippen molar-refractivity contribution in [1.82, 2.24) is 0 Å². The lowest BCUT2D eigenvalue weighted by Gasteiger charge is -2.07. The molecule has 0 unspecified atom stereocenters. The van der Waals surface area contributed by atoms with E-state index >= 15 is 0 Å². The van der Waals surface area contributed by atoms with Gasteiger partial charge in [-0.3, -0.25) is 9.59 Å². The van der Waals surface area contributed by atoms with Gasteiger partial charge in [-0.05, 0) is 48.5 Å². The summed E-state index contributed by atoms with van der Waals surface area (Å²) >= 11 is 4.60. The lowest BCUT2D eigenvalue weighted by molar-refractivity contribution is -0.114. The van der Waals surface area contributed by atoms with Crippen molar-refractivity contribution in [3.63, 3.8) is 0 Å². The molecule has 0 atom stereocenters. The summed E-state index contributed by atoms with van der Waals surface area (Å²) in [6.07, 6.45) is 0. The van der Waals surface area contributed by atoms with Crippen LogP contribution in [0.2, 0.25) is 0 Å². The first-order chi connectivity index (χ1) is 11.6. The average Bonchev–Trinajstić information content (AvgIpc) is 2.57. The first kappa shape index (κ1) is 18.4. The van der Waals surface area contributed by atoms with Crippen LogP contribution < -0.4 is 15.4 Å². The lowest BCUT2D eigenvalue weighted by Crippen LogP contribution is -2.18. The molecule has 0 radical (unpaired) electrons. The van der Waals surface area contributed by atoms with Gasteiger partial charge < -0.3 is 15.4 Å². The molecule has 0 saturated heterocycles. The third kappa shape index (κ3) is 6.25. The molecular weight excluding hydrogens is 392 g/mol. The van der Waals surface area contributed by atoms with Crippen molar-refractivity contribution in [2.24, 2.45) is 0 Å². The largest absolute Gasteiger partial charge is 0.497 e. The molecular formula is C17H17BrN2O3S. The van der Waals surface area contributed by atoms with Gasteiger partial charge in [0.1, 0.15) is 5.75 Å². The van der Waals surface area contributed by atoms with E-state index in [2.05, 4.69) is 26.6 Å². The molecule has 0 spiro atoms. The summed E-state index contributed by atoms with van der Waals surface area (Å²) in [4.78, 5) is 23.7. The number of carbonyl (C=O) groups is 2. The summed E-state index contributed by atoms with van der Waals surface area (Å²) in [5.41, 5.74) is 1.42. The smallest absolute Gasteiger partial charge is 0.234 e. The van der Waals surface area contributed by atoms with Gasteiger partial charge >= 0.3 is 0 Å². The van der Waals surface area contributed by atoms with Gasteiger partial charge in [-0.2, -0.15) is 0 Å². The van der Waals surface area contributed by atoms with E-state index in [0.29, 0.717) is 5.69 Å². The summed E-state index contributed by atoms with van der Waals surface area (Å²) in [6.45, 7) is 0. The Morgan fingerprint density at radius 1 is 0.917 bits per heavy atom. The summed E-state index contributed by atoms with van der Waals surface area (Å²) < 4.78 is 6.01. The van der Waals surface area contributed by atoms with Crippen molar-refractivity contribution in [3.05, 3.63) is 53.0 Å². The molecule has 0 saturated carbocycles. The van der Waals surface area contributed by atoms with Crippen molar-refractivity contribution >= 4 is 50.9 Å². The number of thioether (sulfide) groups is 1. The molecule has 0 bridgehead atoms. The number of ether oxygens (including phenoxy) is 1. The van der Waals surface area contributed by atoms with E-state index in [0.717, 1.165) is 15.9 Å². The molecule has 2 amide bonds. The van der Waals surface area contributed by atoms with Crippen LogP contribution in [0.25, 0.3) is 0 Å². The molecule has 0 heterocycles. The number of benzene rings is 2. The summed E-state index contributed by atoms with van der Waals surface area (Å²) in [6, 6.07) is 14.4. The van der Waals surface area contributed by atoms with Gasteiger partial charge in [-0.15, -0.1) is 11.8 Å². The molecule has 0 aliphatic heterocycles. The van der Waals surface area contributed by atoms with E-state index in [-0.39, 0.29) is 23.3 Å². The molecule has 2 aromatic carbocycles. The fourth-order valence-electron chi connectivity index (χ4n) is 1.84. The Hall–Kier alpha value is -1.99. The number of rotatable bonds is 7. The maximum atomic E-state index is 11.8. The first-order valence-electron chi connectivity index (χ1n) is 7.14. The molecule has 0 aromatic heterocycles. The summed E-state index contributed by atoms with van der Waals surface area (Å²) in [5, 5.41) is 5.55. The van der Waals surface area contributed by atoms with Crippen molar-refractivity contribution in [2.45, 2.75) is 0 Å². The standard InChI is InChI=1S/C17H17BrN2O3S/c1-23-15-8-6-14(7-9-15)20-17(22)11-24-10-16(21)19-13-4-2-12(18)3-5-13/h2-9H,10-11H2,1H3,(H,19,21)(H,20,22). The molecule has 2 rings (SSSR count). The molecule has 2 aromatic rings. The first-order valence-corrected chi connectivity index (χ1v) is 9.08.